The van der Waals surface area contributed by atoms with Crippen LogP contribution in [0.4, 0.5) is 4.79 Å². The number of aromatic nitrogens is 2. The molecule has 8 rings (SSSR count). The van der Waals surface area contributed by atoms with Gasteiger partial charge in [0.25, 0.3) is 0 Å². The Morgan fingerprint density at radius 3 is 2.12 bits per heavy atom. The van der Waals surface area contributed by atoms with Crippen LogP contribution in [0.25, 0.3) is 38.8 Å². The summed E-state index contributed by atoms with van der Waals surface area (Å²) in [6.07, 6.45) is 11.8. The van der Waals surface area contributed by atoms with Crippen LogP contribution in [0, 0.1) is 5.92 Å². The highest BCUT2D eigenvalue weighted by Gasteiger charge is 2.30. The molecular formula is C49H50N4O9S2. The molecule has 1 aliphatic rings. The fraction of sp³-hybridized carbons (Fsp3) is 0.245. The average molecular weight is 903 g/mol. The molecular weight excluding hydrogens is 853 g/mol. The fourth-order valence-corrected chi connectivity index (χ4v) is 10.0. The van der Waals surface area contributed by atoms with E-state index in [1.165, 1.54) is 31.2 Å². The Morgan fingerprint density at radius 2 is 1.50 bits per heavy atom. The van der Waals surface area contributed by atoms with Crippen molar-refractivity contribution in [1.82, 2.24) is 18.2 Å². The second kappa shape index (κ2) is 17.9. The number of hydrogen-bond acceptors (Lipinski definition) is 10. The molecule has 3 aromatic carbocycles. The van der Waals surface area contributed by atoms with E-state index in [1.54, 1.807) is 101 Å². The van der Waals surface area contributed by atoms with E-state index in [4.69, 9.17) is 18.3 Å². The first-order valence-electron chi connectivity index (χ1n) is 20.9. The fourth-order valence-electron chi connectivity index (χ4n) is 7.32. The van der Waals surface area contributed by atoms with Gasteiger partial charge < -0.3 is 28.5 Å². The molecule has 332 valence electrons. The molecule has 7 aromatic rings. The van der Waals surface area contributed by atoms with Gasteiger partial charge in [-0.25, -0.2) is 12.7 Å². The number of furan rings is 2. The van der Waals surface area contributed by atoms with Gasteiger partial charge in [0.15, 0.2) is 0 Å². The average Bonchev–Trinajstić information content (AvgIpc) is 3.62. The predicted octanol–water partition coefficient (Wildman–Crippen LogP) is 9.99. The first-order chi connectivity index (χ1) is 30.6. The van der Waals surface area contributed by atoms with Crippen molar-refractivity contribution >= 4 is 53.7 Å². The van der Waals surface area contributed by atoms with Gasteiger partial charge in [-0.1, -0.05) is 79.4 Å². The molecule has 1 saturated carbocycles. The van der Waals surface area contributed by atoms with Crippen molar-refractivity contribution < 1.29 is 39.9 Å². The summed E-state index contributed by atoms with van der Waals surface area (Å²) in [4.78, 5) is 15.0. The van der Waals surface area contributed by atoms with Gasteiger partial charge in [0.1, 0.15) is 22.5 Å². The van der Waals surface area contributed by atoms with Crippen LogP contribution in [0.1, 0.15) is 49.9 Å². The standard InChI is InChI=1S/C49H50N4O9S2/c1-6-13-37(42-24-35(29-50-4)31-52(42)63(55,56)46-27-39-14-7-9-19-44(39)60-46)17-12-23-49(2,3)62-48(54)51(5)30-36-25-43(38-16-11-18-41(26-38)59-33-34-21-22-34)53(32-36)64(57,58)47-28-40-15-8-10-20-45(40)61-47/h6-20,24-28,31-32,34,50H,1,21-23,29-30,33H2,2-5H3. The number of allylic oxidation sites excluding steroid dienone is 4. The lowest BCUT2D eigenvalue weighted by atomic mass is 10.0. The van der Waals surface area contributed by atoms with Gasteiger partial charge in [-0.3, -0.25) is 0 Å². The van der Waals surface area contributed by atoms with Gasteiger partial charge in [-0.15, -0.1) is 0 Å². The summed E-state index contributed by atoms with van der Waals surface area (Å²) < 4.78 is 82.7. The zero-order chi connectivity index (χ0) is 45.2. The van der Waals surface area contributed by atoms with Crippen LogP contribution in [0.15, 0.2) is 159 Å². The molecule has 1 aliphatic carbocycles. The molecule has 4 aromatic heterocycles. The maximum atomic E-state index is 14.3. The summed E-state index contributed by atoms with van der Waals surface area (Å²) in [6.45, 7) is 8.44. The minimum Gasteiger partial charge on any atom is -0.493 e. The van der Waals surface area contributed by atoms with Gasteiger partial charge in [0, 0.05) is 60.9 Å². The van der Waals surface area contributed by atoms with Gasteiger partial charge in [0.05, 0.1) is 24.5 Å². The molecule has 0 atom stereocenters. The number of benzene rings is 3. The monoisotopic (exact) mass is 902 g/mol. The maximum absolute atomic E-state index is 14.3. The highest BCUT2D eigenvalue weighted by Crippen LogP contribution is 2.35. The normalized spacial score (nSPS) is 13.8. The highest BCUT2D eigenvalue weighted by molar-refractivity contribution is 7.90. The van der Waals surface area contributed by atoms with Gasteiger partial charge >= 0.3 is 26.1 Å². The molecule has 4 heterocycles. The Bertz CT molecular complexity index is 3080. The van der Waals surface area contributed by atoms with Crippen LogP contribution in [0.5, 0.6) is 5.75 Å². The molecule has 64 heavy (non-hydrogen) atoms. The molecule has 0 aliphatic heterocycles. The maximum Gasteiger partial charge on any atom is 0.410 e. The van der Waals surface area contributed by atoms with Crippen molar-refractivity contribution in [2.24, 2.45) is 5.92 Å². The summed E-state index contributed by atoms with van der Waals surface area (Å²) in [5, 5.41) is 3.99. The van der Waals surface area contributed by atoms with Crippen molar-refractivity contribution in [3.8, 4) is 17.0 Å². The van der Waals surface area contributed by atoms with Crippen molar-refractivity contribution in [3.05, 3.63) is 157 Å². The summed E-state index contributed by atoms with van der Waals surface area (Å²) in [6, 6.07) is 28.0. The van der Waals surface area contributed by atoms with E-state index in [1.807, 2.05) is 42.5 Å². The second-order valence-corrected chi connectivity index (χ2v) is 20.0. The number of fused-ring (bicyclic) bond motifs is 2. The molecule has 15 heteroatoms. The lowest BCUT2D eigenvalue weighted by Crippen LogP contribution is -2.35. The number of para-hydroxylation sites is 2. The van der Waals surface area contributed by atoms with Crippen LogP contribution >= 0.6 is 0 Å². The Hall–Kier alpha value is -6.55. The molecule has 1 N–H and O–H groups in total. The predicted molar refractivity (Wildman–Crippen MR) is 247 cm³/mol. The number of ether oxygens (including phenoxy) is 2. The van der Waals surface area contributed by atoms with E-state index >= 15 is 0 Å². The number of rotatable bonds is 18. The Kier molecular flexibility index (Phi) is 12.3. The number of nitrogens with one attached hydrogen (secondary N) is 1. The topological polar surface area (TPSA) is 155 Å². The van der Waals surface area contributed by atoms with Crippen molar-refractivity contribution in [2.75, 3.05) is 20.7 Å². The van der Waals surface area contributed by atoms with Crippen LogP contribution in [0.2, 0.25) is 0 Å². The summed E-state index contributed by atoms with van der Waals surface area (Å²) in [7, 11) is -5.03. The largest absolute Gasteiger partial charge is 0.493 e. The van der Waals surface area contributed by atoms with E-state index < -0.39 is 31.7 Å². The van der Waals surface area contributed by atoms with Gasteiger partial charge in [0.2, 0.25) is 10.2 Å². The SMILES string of the molecule is C=CC=C(C=CCC(C)(C)OC(=O)N(C)Cc1cc(-c2cccc(OCC3CC3)c2)n(S(=O)(=O)c2cc3ccccc3o2)c1)c1cc(CNC)cn1S(=O)(=O)c1cc2ccccc2o1. The second-order valence-electron chi connectivity index (χ2n) is 16.5. The number of hydrogen-bond donors (Lipinski definition) is 1. The minimum atomic E-state index is -4.23. The first kappa shape index (κ1) is 44.1. The van der Waals surface area contributed by atoms with Crippen LogP contribution in [0.3, 0.4) is 0 Å². The smallest absolute Gasteiger partial charge is 0.410 e. The van der Waals surface area contributed by atoms with E-state index in [0.29, 0.717) is 74.8 Å². The third-order valence-corrected chi connectivity index (χ3v) is 13.9. The molecule has 0 bridgehead atoms. The molecule has 0 unspecified atom stereocenters. The van der Waals surface area contributed by atoms with Gasteiger partial charge in [-0.2, -0.15) is 16.8 Å². The number of nitrogens with zero attached hydrogens (tertiary/aromatic N) is 3. The number of carbonyl (C=O) groups is 1. The quantitative estimate of drug-likeness (QED) is 0.0823. The molecule has 0 radical (unpaired) electrons. The Morgan fingerprint density at radius 1 is 0.859 bits per heavy atom. The molecule has 0 saturated heterocycles. The third-order valence-electron chi connectivity index (χ3n) is 10.8. The third kappa shape index (κ3) is 9.51. The zero-order valence-corrected chi connectivity index (χ0v) is 37.7. The van der Waals surface area contributed by atoms with Crippen LogP contribution in [-0.2, 0) is 37.9 Å². The first-order valence-corrected chi connectivity index (χ1v) is 23.8. The van der Waals surface area contributed by atoms with Crippen LogP contribution < -0.4 is 10.1 Å². The summed E-state index contributed by atoms with van der Waals surface area (Å²) >= 11 is 0. The highest BCUT2D eigenvalue weighted by atomic mass is 32.2. The number of carbonyl (C=O) groups excluding carboxylic acids is 1. The van der Waals surface area contributed by atoms with Crippen molar-refractivity contribution in [3.63, 3.8) is 0 Å². The Balaban J connectivity index is 1.00. The molecule has 0 spiro atoms. The Labute approximate surface area is 373 Å². The lowest BCUT2D eigenvalue weighted by molar-refractivity contribution is 0.0186. The molecule has 13 nitrogen and oxygen atoms in total. The van der Waals surface area contributed by atoms with E-state index in [-0.39, 0.29) is 23.2 Å². The molecule has 1 amide bonds. The van der Waals surface area contributed by atoms with E-state index in [9.17, 15) is 21.6 Å². The molecule has 1 fully saturated rings. The lowest BCUT2D eigenvalue weighted by Gasteiger charge is -2.27. The number of amides is 1. The summed E-state index contributed by atoms with van der Waals surface area (Å²) in [5.41, 5.74) is 3.09. The van der Waals surface area contributed by atoms with Crippen LogP contribution in [-0.4, -0.2) is 62.1 Å². The summed E-state index contributed by atoms with van der Waals surface area (Å²) in [5.74, 6) is 1.16. The minimum absolute atomic E-state index is 0.0239. The van der Waals surface area contributed by atoms with Gasteiger partial charge in [-0.05, 0) is 92.8 Å². The van der Waals surface area contributed by atoms with E-state index in [2.05, 4.69) is 11.9 Å². The van der Waals surface area contributed by atoms with Crippen molar-refractivity contribution in [2.45, 2.75) is 62.0 Å². The zero-order valence-electron chi connectivity index (χ0n) is 36.1. The van der Waals surface area contributed by atoms with Crippen molar-refractivity contribution in [1.29, 1.82) is 0 Å². The van der Waals surface area contributed by atoms with E-state index in [0.717, 1.165) is 18.4 Å².